The van der Waals surface area contributed by atoms with E-state index in [1.807, 2.05) is 42.5 Å². The molecule has 4 aromatic rings. The Morgan fingerprint density at radius 3 is 1.59 bits per heavy atom. The van der Waals surface area contributed by atoms with E-state index >= 15 is 0 Å². The second-order valence-electron chi connectivity index (χ2n) is 4.82. The van der Waals surface area contributed by atoms with Crippen LogP contribution in [0.1, 0.15) is 5.56 Å². The zero-order valence-corrected chi connectivity index (χ0v) is 19.1. The minimum Gasteiger partial charge on any atom is -0.545 e. The second kappa shape index (κ2) is 20.0. The molecule has 0 unspecified atom stereocenters. The second-order valence-corrected chi connectivity index (χ2v) is 4.82. The Balaban J connectivity index is 0. The summed E-state index contributed by atoms with van der Waals surface area (Å²) in [5, 5.41) is 22.7. The first-order chi connectivity index (χ1) is 15.4. The van der Waals surface area contributed by atoms with Gasteiger partial charge in [0.15, 0.2) is 0 Å². The van der Waals surface area contributed by atoms with Crippen LogP contribution >= 0.6 is 0 Å². The topological polar surface area (TPSA) is 154 Å². The fourth-order valence-corrected chi connectivity index (χ4v) is 1.98. The summed E-state index contributed by atoms with van der Waals surface area (Å²) in [6, 6.07) is 20.5. The first kappa shape index (κ1) is 29.9. The first-order valence-electron chi connectivity index (χ1n) is 8.09. The van der Waals surface area contributed by atoms with E-state index in [2.05, 4.69) is 51.0 Å². The van der Waals surface area contributed by atoms with Gasteiger partial charge in [0.1, 0.15) is 0 Å². The van der Waals surface area contributed by atoms with Gasteiger partial charge in [-0.25, -0.2) is 5.10 Å². The van der Waals surface area contributed by atoms with E-state index in [1.165, 1.54) is 0 Å². The number of nitrogens with zero attached hydrogens (tertiary/aromatic N) is 7. The molecular weight excluding hydrogens is 584 g/mol. The van der Waals surface area contributed by atoms with Gasteiger partial charge in [-0.2, -0.15) is 5.26 Å². The van der Waals surface area contributed by atoms with Gasteiger partial charge in [0, 0.05) is 32.8 Å². The SMILES string of the molecule is N#Cc1ccc(-c2nn[n-]n2)cc1.[CH-]=O.[CH-]=O.[CH-]=O.[Re].c1ccc(-c2ccccn2)nc1. The molecule has 0 spiro atoms. The van der Waals surface area contributed by atoms with E-state index in [0.29, 0.717) is 11.4 Å². The van der Waals surface area contributed by atoms with Crippen molar-refractivity contribution in [1.29, 1.82) is 5.26 Å². The summed E-state index contributed by atoms with van der Waals surface area (Å²) in [6.45, 7) is 9.75. The summed E-state index contributed by atoms with van der Waals surface area (Å²) in [5.74, 6) is 0.476. The molecule has 11 heteroatoms. The third-order valence-electron chi connectivity index (χ3n) is 3.18. The Labute approximate surface area is 198 Å². The van der Waals surface area contributed by atoms with Crippen molar-refractivity contribution in [2.45, 2.75) is 0 Å². The fraction of sp³-hybridized carbons (Fsp3) is 0. The van der Waals surface area contributed by atoms with E-state index < -0.39 is 0 Å². The van der Waals surface area contributed by atoms with Crippen molar-refractivity contribution >= 4 is 20.4 Å². The number of hydrogen-bond acceptors (Lipinski definition) is 9. The average Bonchev–Trinajstić information content (AvgIpc) is 3.44. The van der Waals surface area contributed by atoms with E-state index in [-0.39, 0.29) is 20.4 Å². The maximum Gasteiger partial charge on any atom is 0.0991 e. The van der Waals surface area contributed by atoms with Crippen molar-refractivity contribution in [2.75, 3.05) is 0 Å². The maximum absolute atomic E-state index is 8.55. The van der Waals surface area contributed by atoms with Crippen LogP contribution in [0.15, 0.2) is 73.1 Å². The molecule has 10 nitrogen and oxygen atoms in total. The van der Waals surface area contributed by atoms with Crippen LogP contribution in [-0.4, -0.2) is 45.7 Å². The molecule has 0 N–H and O–H groups in total. The molecule has 0 atom stereocenters. The number of pyridine rings is 2. The fourth-order valence-electron chi connectivity index (χ4n) is 1.98. The smallest absolute Gasteiger partial charge is 0.0991 e. The Bertz CT molecular complexity index is 955. The summed E-state index contributed by atoms with van der Waals surface area (Å²) in [6.07, 6.45) is 3.54. The Hall–Kier alpha value is -4.25. The van der Waals surface area contributed by atoms with Crippen molar-refractivity contribution in [3.8, 4) is 28.8 Å². The summed E-state index contributed by atoms with van der Waals surface area (Å²) in [4.78, 5) is 31.6. The van der Waals surface area contributed by atoms with Gasteiger partial charge in [0.05, 0.1) is 28.8 Å². The number of aromatic nitrogens is 6. The zero-order chi connectivity index (χ0) is 23.3. The number of tetrazole rings is 1. The molecule has 0 aliphatic heterocycles. The first-order valence-corrected chi connectivity index (χ1v) is 8.09. The maximum atomic E-state index is 8.55. The Morgan fingerprint density at radius 2 is 1.25 bits per heavy atom. The number of nitriles is 1. The van der Waals surface area contributed by atoms with Crippen LogP contribution < -0.4 is 5.21 Å². The summed E-state index contributed by atoms with van der Waals surface area (Å²) in [7, 11) is 0. The van der Waals surface area contributed by atoms with Crippen LogP contribution in [0.5, 0.6) is 0 Å². The number of carbonyl (C=O) groups excluding carboxylic acids is 3. The third kappa shape index (κ3) is 10.5. The number of hydrogen-bond donors (Lipinski definition) is 0. The van der Waals surface area contributed by atoms with Gasteiger partial charge >= 0.3 is 0 Å². The predicted octanol–water partition coefficient (Wildman–Crippen LogP) is 1.69. The molecule has 163 valence electrons. The van der Waals surface area contributed by atoms with Crippen molar-refractivity contribution in [1.82, 2.24) is 30.6 Å². The summed E-state index contributed by atoms with van der Waals surface area (Å²) < 4.78 is 0. The van der Waals surface area contributed by atoms with Crippen LogP contribution in [0.2, 0.25) is 0 Å². The van der Waals surface area contributed by atoms with Crippen LogP contribution in [0, 0.1) is 11.3 Å². The normalized spacial score (nSPS) is 7.84. The molecule has 0 bridgehead atoms. The quantitative estimate of drug-likeness (QED) is 0.246. The van der Waals surface area contributed by atoms with Gasteiger partial charge in [0.2, 0.25) is 0 Å². The molecule has 32 heavy (non-hydrogen) atoms. The van der Waals surface area contributed by atoms with Crippen LogP contribution in [0.25, 0.3) is 22.8 Å². The van der Waals surface area contributed by atoms with Crippen molar-refractivity contribution < 1.29 is 34.8 Å². The van der Waals surface area contributed by atoms with Gasteiger partial charge in [-0.3, -0.25) is 40.8 Å². The number of rotatable bonds is 2. The molecule has 1 aromatic carbocycles. The summed E-state index contributed by atoms with van der Waals surface area (Å²) in [5.41, 5.74) is 3.25. The minimum atomic E-state index is 0. The molecule has 0 fully saturated rings. The predicted molar refractivity (Wildman–Crippen MR) is 111 cm³/mol. The molecule has 0 aliphatic rings. The third-order valence-corrected chi connectivity index (χ3v) is 3.18. The van der Waals surface area contributed by atoms with E-state index in [4.69, 9.17) is 19.6 Å². The molecular formula is C21H15N7O3Re-4. The van der Waals surface area contributed by atoms with Crippen LogP contribution in [-0.2, 0) is 34.8 Å². The molecule has 0 saturated carbocycles. The monoisotopic (exact) mass is 600 g/mol. The molecule has 3 aromatic heterocycles. The van der Waals surface area contributed by atoms with Gasteiger partial charge in [-0.05, 0) is 42.0 Å². The molecule has 3 heterocycles. The van der Waals surface area contributed by atoms with Crippen molar-refractivity contribution in [3.05, 3.63) is 78.6 Å². The Morgan fingerprint density at radius 1 is 0.750 bits per heavy atom. The number of benzene rings is 1. The molecule has 0 saturated heterocycles. The largest absolute Gasteiger partial charge is 0.545 e. The summed E-state index contributed by atoms with van der Waals surface area (Å²) >= 11 is 0. The van der Waals surface area contributed by atoms with Gasteiger partial charge < -0.3 is 19.5 Å². The zero-order valence-electron chi connectivity index (χ0n) is 16.4. The van der Waals surface area contributed by atoms with Crippen LogP contribution in [0.4, 0.5) is 0 Å². The van der Waals surface area contributed by atoms with Crippen LogP contribution in [0.3, 0.4) is 0 Å². The van der Waals surface area contributed by atoms with Gasteiger partial charge in [-0.15, -0.1) is 0 Å². The molecule has 0 aliphatic carbocycles. The van der Waals surface area contributed by atoms with E-state index in [9.17, 15) is 0 Å². The standard InChI is InChI=1S/C10H8N2.C8H4N5.3CHO.Re/c1-3-7-11-9(5-1)10-6-2-4-8-12-10;9-5-6-1-3-7(4-2-6)8-10-12-13-11-8;3*1-2;/h1-8H;1-4H;3*1H;/q;4*-1;. The van der Waals surface area contributed by atoms with Gasteiger partial charge in [-0.1, -0.05) is 24.3 Å². The van der Waals surface area contributed by atoms with Crippen molar-refractivity contribution in [3.63, 3.8) is 0 Å². The minimum absolute atomic E-state index is 0. The molecule has 0 amide bonds. The van der Waals surface area contributed by atoms with E-state index in [0.717, 1.165) is 17.0 Å². The molecule has 4 rings (SSSR count). The Kier molecular flexibility index (Phi) is 18.8. The van der Waals surface area contributed by atoms with E-state index in [1.54, 1.807) is 36.7 Å². The van der Waals surface area contributed by atoms with Crippen molar-refractivity contribution in [2.24, 2.45) is 0 Å². The van der Waals surface area contributed by atoms with Gasteiger partial charge in [0.25, 0.3) is 0 Å². The molecule has 1 radical (unpaired) electrons. The average molecular weight is 600 g/mol.